The Bertz CT molecular complexity index is 581. The van der Waals surface area contributed by atoms with E-state index in [4.69, 9.17) is 0 Å². The van der Waals surface area contributed by atoms with Crippen LogP contribution in [0.4, 0.5) is 0 Å². The highest BCUT2D eigenvalue weighted by molar-refractivity contribution is 14.1. The van der Waals surface area contributed by atoms with Crippen LogP contribution in [0.1, 0.15) is 58.8 Å². The van der Waals surface area contributed by atoms with Gasteiger partial charge in [-0.25, -0.2) is 0 Å². The van der Waals surface area contributed by atoms with E-state index >= 15 is 0 Å². The molecule has 4 fully saturated rings. The number of piperidine rings is 1. The first-order valence-corrected chi connectivity index (χ1v) is 10.7. The summed E-state index contributed by atoms with van der Waals surface area (Å²) < 4.78 is 0.0752. The molecule has 0 unspecified atom stereocenters. The average Bonchev–Trinajstić information content (AvgIpc) is 2.86. The molecule has 2 N–H and O–H groups in total. The van der Waals surface area contributed by atoms with E-state index < -0.39 is 5.97 Å². The number of aliphatic carboxylic acids is 1. The number of amides is 1. The Morgan fingerprint density at radius 2 is 1.83 bits per heavy atom. The lowest BCUT2D eigenvalue weighted by molar-refractivity contribution is -0.152. The van der Waals surface area contributed by atoms with Crippen LogP contribution >= 0.6 is 22.6 Å². The molecule has 1 amide bonds. The minimum atomic E-state index is -0.587. The van der Waals surface area contributed by atoms with Crippen molar-refractivity contribution in [2.45, 2.75) is 68.8 Å². The first-order chi connectivity index (χ1) is 11.3. The van der Waals surface area contributed by atoms with Gasteiger partial charge >= 0.3 is 5.97 Å². The van der Waals surface area contributed by atoms with E-state index in [0.29, 0.717) is 23.8 Å². The summed E-state index contributed by atoms with van der Waals surface area (Å²) in [5, 5.41) is 13.0. The molecule has 1 saturated heterocycles. The van der Waals surface area contributed by atoms with E-state index in [1.165, 1.54) is 0 Å². The van der Waals surface area contributed by atoms with Crippen LogP contribution in [0.5, 0.6) is 0 Å². The van der Waals surface area contributed by atoms with Crippen molar-refractivity contribution in [1.82, 2.24) is 5.32 Å². The van der Waals surface area contributed by atoms with Crippen molar-refractivity contribution in [1.29, 1.82) is 0 Å². The molecule has 3 saturated carbocycles. The van der Waals surface area contributed by atoms with Crippen molar-refractivity contribution >= 4 is 34.5 Å². The smallest absolute Gasteiger partial charge is 0.307 e. The van der Waals surface area contributed by atoms with Crippen molar-refractivity contribution in [3.63, 3.8) is 0 Å². The maximum atomic E-state index is 12.1. The van der Waals surface area contributed by atoms with Crippen LogP contribution in [-0.4, -0.2) is 26.9 Å². The van der Waals surface area contributed by atoms with Gasteiger partial charge < -0.3 is 10.4 Å². The van der Waals surface area contributed by atoms with Crippen LogP contribution in [0.2, 0.25) is 0 Å². The number of carbonyl (C=O) groups excluding carboxylic acids is 1. The standard InChI is InChI=1S/C19H28INO3/c1-18-8-7-12-10(11(18)4-5-13(18)17(23)24)3-6-15-19(12,2)9-14(20)16(22)21-15/h10-15H,3-9H2,1-2H3,(H,21,22)(H,23,24)/t10-,11-,12-,13+,14+,15+,18-,19+/m0/s1. The lowest BCUT2D eigenvalue weighted by atomic mass is 9.47. The number of alkyl halides is 1. The SMILES string of the molecule is C[C@]12C[C@@H](I)C(=O)N[C@@H]1CC[C@@H]1[C@@H]2CC[C@]2(C)[C@@H](C(=O)O)CC[C@@H]12. The number of halogens is 1. The highest BCUT2D eigenvalue weighted by Gasteiger charge is 2.62. The first-order valence-electron chi connectivity index (χ1n) is 9.44. The molecule has 0 spiro atoms. The summed E-state index contributed by atoms with van der Waals surface area (Å²) in [6.07, 6.45) is 7.31. The Kier molecular flexibility index (Phi) is 3.98. The number of hydrogen-bond donors (Lipinski definition) is 2. The number of rotatable bonds is 1. The molecule has 1 heterocycles. The van der Waals surface area contributed by atoms with E-state index in [1.54, 1.807) is 0 Å². The predicted octanol–water partition coefficient (Wildman–Crippen LogP) is 3.62. The van der Waals surface area contributed by atoms with E-state index in [1.807, 2.05) is 0 Å². The topological polar surface area (TPSA) is 66.4 Å². The van der Waals surface area contributed by atoms with E-state index in [0.717, 1.165) is 44.9 Å². The van der Waals surface area contributed by atoms with E-state index in [-0.39, 0.29) is 26.6 Å². The number of nitrogens with one attached hydrogen (secondary N) is 1. The molecule has 0 radical (unpaired) electrons. The summed E-state index contributed by atoms with van der Waals surface area (Å²) in [5.41, 5.74) is 0.170. The molecule has 8 atom stereocenters. The molecule has 0 bridgehead atoms. The van der Waals surface area contributed by atoms with Crippen LogP contribution < -0.4 is 5.32 Å². The number of carboxylic acid groups (broad SMARTS) is 1. The second-order valence-electron chi connectivity index (χ2n) is 9.21. The van der Waals surface area contributed by atoms with Gasteiger partial charge in [0, 0.05) is 6.04 Å². The molecular formula is C19H28INO3. The van der Waals surface area contributed by atoms with Gasteiger partial charge in [-0.15, -0.1) is 0 Å². The van der Waals surface area contributed by atoms with Gasteiger partial charge in [-0.1, -0.05) is 36.4 Å². The third-order valence-corrected chi connectivity index (χ3v) is 9.39. The minimum Gasteiger partial charge on any atom is -0.481 e. The molecule has 1 aliphatic heterocycles. The zero-order valence-corrected chi connectivity index (χ0v) is 16.7. The molecule has 4 aliphatic rings. The molecule has 3 aliphatic carbocycles. The lowest BCUT2D eigenvalue weighted by Gasteiger charge is -2.60. The second-order valence-corrected chi connectivity index (χ2v) is 10.7. The molecule has 134 valence electrons. The summed E-state index contributed by atoms with van der Waals surface area (Å²) in [4.78, 5) is 23.9. The quantitative estimate of drug-likeness (QED) is 0.479. The van der Waals surface area contributed by atoms with Gasteiger partial charge in [0.15, 0.2) is 0 Å². The van der Waals surface area contributed by atoms with Crippen LogP contribution in [0.25, 0.3) is 0 Å². The highest BCUT2D eigenvalue weighted by atomic mass is 127. The zero-order valence-electron chi connectivity index (χ0n) is 14.6. The predicted molar refractivity (Wildman–Crippen MR) is 99.9 cm³/mol. The number of carbonyl (C=O) groups is 2. The zero-order chi connectivity index (χ0) is 17.3. The van der Waals surface area contributed by atoms with Crippen molar-refractivity contribution in [3.05, 3.63) is 0 Å². The Morgan fingerprint density at radius 3 is 2.54 bits per heavy atom. The number of fused-ring (bicyclic) bond motifs is 5. The monoisotopic (exact) mass is 445 g/mol. The van der Waals surface area contributed by atoms with Crippen LogP contribution in [-0.2, 0) is 9.59 Å². The third-order valence-electron chi connectivity index (χ3n) is 8.39. The third kappa shape index (κ3) is 2.21. The molecule has 0 aromatic carbocycles. The Balaban J connectivity index is 1.64. The van der Waals surface area contributed by atoms with Crippen molar-refractivity contribution in [3.8, 4) is 0 Å². The van der Waals surface area contributed by atoms with Gasteiger partial charge in [0.25, 0.3) is 0 Å². The maximum Gasteiger partial charge on any atom is 0.307 e. The second kappa shape index (κ2) is 5.58. The fourth-order valence-electron chi connectivity index (χ4n) is 7.13. The van der Waals surface area contributed by atoms with Crippen molar-refractivity contribution in [2.24, 2.45) is 34.5 Å². The Labute approximate surface area is 157 Å². The van der Waals surface area contributed by atoms with Crippen molar-refractivity contribution < 1.29 is 14.7 Å². The first kappa shape index (κ1) is 17.1. The Hall–Kier alpha value is -0.330. The van der Waals surface area contributed by atoms with Gasteiger partial charge in [-0.05, 0) is 73.5 Å². The molecular weight excluding hydrogens is 417 g/mol. The fourth-order valence-corrected chi connectivity index (χ4v) is 8.26. The highest BCUT2D eigenvalue weighted by Crippen LogP contribution is 2.65. The van der Waals surface area contributed by atoms with Gasteiger partial charge in [0.2, 0.25) is 5.91 Å². The van der Waals surface area contributed by atoms with Gasteiger partial charge in [-0.3, -0.25) is 9.59 Å². The summed E-state index contributed by atoms with van der Waals surface area (Å²) in [6, 6.07) is 0.318. The lowest BCUT2D eigenvalue weighted by Crippen LogP contribution is -2.63. The molecule has 5 heteroatoms. The van der Waals surface area contributed by atoms with Crippen LogP contribution in [0.3, 0.4) is 0 Å². The molecule has 0 aromatic rings. The summed E-state index contributed by atoms with van der Waals surface area (Å²) in [6.45, 7) is 4.64. The van der Waals surface area contributed by atoms with Crippen LogP contribution in [0, 0.1) is 34.5 Å². The summed E-state index contributed by atoms with van der Waals surface area (Å²) >= 11 is 2.30. The van der Waals surface area contributed by atoms with E-state index in [9.17, 15) is 14.7 Å². The molecule has 0 aromatic heterocycles. The normalized spacial score (nSPS) is 53.5. The van der Waals surface area contributed by atoms with Gasteiger partial charge in [0.1, 0.15) is 0 Å². The largest absolute Gasteiger partial charge is 0.481 e. The molecule has 4 nitrogen and oxygen atoms in total. The maximum absolute atomic E-state index is 12.1. The summed E-state index contributed by atoms with van der Waals surface area (Å²) in [7, 11) is 0. The number of hydrogen-bond acceptors (Lipinski definition) is 2. The molecule has 24 heavy (non-hydrogen) atoms. The van der Waals surface area contributed by atoms with Crippen molar-refractivity contribution in [2.75, 3.05) is 0 Å². The Morgan fingerprint density at radius 1 is 1.12 bits per heavy atom. The summed E-state index contributed by atoms with van der Waals surface area (Å²) in [5.74, 6) is 1.31. The average molecular weight is 445 g/mol. The van der Waals surface area contributed by atoms with Gasteiger partial charge in [0.05, 0.1) is 9.84 Å². The molecule has 4 rings (SSSR count). The van der Waals surface area contributed by atoms with Gasteiger partial charge in [-0.2, -0.15) is 0 Å². The minimum absolute atomic E-state index is 0.0160. The number of carboxylic acids is 1. The van der Waals surface area contributed by atoms with E-state index in [2.05, 4.69) is 41.8 Å². The van der Waals surface area contributed by atoms with Crippen LogP contribution in [0.15, 0.2) is 0 Å². The fraction of sp³-hybridized carbons (Fsp3) is 0.895.